The highest BCUT2D eigenvalue weighted by atomic mass is 16.5. The van der Waals surface area contributed by atoms with Crippen molar-refractivity contribution in [3.05, 3.63) is 23.8 Å². The number of likely N-dealkylation sites (tertiary alicyclic amines) is 2. The van der Waals surface area contributed by atoms with Gasteiger partial charge < -0.3 is 14.7 Å². The average Bonchev–Trinajstić information content (AvgIpc) is 3.21. The van der Waals surface area contributed by atoms with Crippen LogP contribution in [0.15, 0.2) is 18.2 Å². The van der Waals surface area contributed by atoms with Crippen LogP contribution in [0.25, 0.3) is 0 Å². The van der Waals surface area contributed by atoms with Crippen LogP contribution in [-0.4, -0.2) is 53.6 Å². The summed E-state index contributed by atoms with van der Waals surface area (Å²) in [6, 6.07) is 5.82. The summed E-state index contributed by atoms with van der Waals surface area (Å²) in [5, 5.41) is 9.81. The molecule has 27 heavy (non-hydrogen) atoms. The van der Waals surface area contributed by atoms with Crippen LogP contribution in [0.2, 0.25) is 0 Å². The number of nitrogens with zero attached hydrogens (tertiary/aromatic N) is 2. The van der Waals surface area contributed by atoms with Gasteiger partial charge in [0.2, 0.25) is 5.91 Å². The van der Waals surface area contributed by atoms with Crippen LogP contribution in [0.5, 0.6) is 11.5 Å². The summed E-state index contributed by atoms with van der Waals surface area (Å²) in [4.78, 5) is 17.2. The highest BCUT2D eigenvalue weighted by Gasteiger charge is 2.43. The van der Waals surface area contributed by atoms with E-state index in [4.69, 9.17) is 4.74 Å². The average molecular weight is 373 g/mol. The molecule has 0 bridgehead atoms. The second kappa shape index (κ2) is 7.70. The normalized spacial score (nSPS) is 23.9. The first kappa shape index (κ1) is 18.6. The molecule has 1 saturated carbocycles. The van der Waals surface area contributed by atoms with Gasteiger partial charge >= 0.3 is 0 Å². The molecule has 148 valence electrons. The summed E-state index contributed by atoms with van der Waals surface area (Å²) >= 11 is 0. The third-order valence-corrected chi connectivity index (χ3v) is 7.04. The lowest BCUT2D eigenvalue weighted by molar-refractivity contribution is -0.142. The molecule has 0 atom stereocenters. The number of aromatic hydroxyl groups is 1. The van der Waals surface area contributed by atoms with Crippen molar-refractivity contribution >= 4 is 5.91 Å². The number of benzene rings is 1. The number of hydrogen-bond donors (Lipinski definition) is 1. The molecular formula is C22H32N2O3. The quantitative estimate of drug-likeness (QED) is 0.878. The fourth-order valence-corrected chi connectivity index (χ4v) is 5.32. The van der Waals surface area contributed by atoms with E-state index in [1.807, 2.05) is 12.1 Å². The Morgan fingerprint density at radius 3 is 2.63 bits per heavy atom. The number of ether oxygens (including phenoxy) is 1. The summed E-state index contributed by atoms with van der Waals surface area (Å²) in [7, 11) is 1.68. The number of carbonyl (C=O) groups is 1. The molecule has 1 spiro atoms. The van der Waals surface area contributed by atoms with Crippen molar-refractivity contribution in [3.63, 3.8) is 0 Å². The summed E-state index contributed by atoms with van der Waals surface area (Å²) < 4.78 is 5.45. The van der Waals surface area contributed by atoms with Crippen molar-refractivity contribution in [1.82, 2.24) is 9.80 Å². The number of methoxy groups -OCH3 is 1. The van der Waals surface area contributed by atoms with E-state index < -0.39 is 0 Å². The van der Waals surface area contributed by atoms with Gasteiger partial charge in [0, 0.05) is 31.1 Å². The van der Waals surface area contributed by atoms with Crippen molar-refractivity contribution in [2.75, 3.05) is 26.7 Å². The highest BCUT2D eigenvalue weighted by molar-refractivity contribution is 5.77. The van der Waals surface area contributed by atoms with Crippen molar-refractivity contribution < 1.29 is 14.6 Å². The Balaban J connectivity index is 1.38. The number of piperidine rings is 2. The zero-order chi connectivity index (χ0) is 18.9. The Kier molecular flexibility index (Phi) is 5.31. The largest absolute Gasteiger partial charge is 0.508 e. The van der Waals surface area contributed by atoms with Gasteiger partial charge in [-0.15, -0.1) is 0 Å². The van der Waals surface area contributed by atoms with E-state index >= 15 is 0 Å². The first-order valence-corrected chi connectivity index (χ1v) is 10.5. The van der Waals surface area contributed by atoms with Gasteiger partial charge in [-0.05, 0) is 68.8 Å². The predicted molar refractivity (Wildman–Crippen MR) is 105 cm³/mol. The van der Waals surface area contributed by atoms with E-state index in [0.29, 0.717) is 17.4 Å². The van der Waals surface area contributed by atoms with Crippen LogP contribution in [0, 0.1) is 5.41 Å². The van der Waals surface area contributed by atoms with E-state index in [0.717, 1.165) is 63.2 Å². The number of hydrogen-bond acceptors (Lipinski definition) is 4. The summed E-state index contributed by atoms with van der Waals surface area (Å²) in [5.41, 5.74) is 1.36. The van der Waals surface area contributed by atoms with E-state index in [2.05, 4.69) is 9.80 Å². The van der Waals surface area contributed by atoms with Crippen molar-refractivity contribution in [1.29, 1.82) is 0 Å². The molecule has 3 aliphatic rings. The molecule has 0 aromatic heterocycles. The van der Waals surface area contributed by atoms with E-state index in [-0.39, 0.29) is 5.75 Å². The maximum absolute atomic E-state index is 12.5. The highest BCUT2D eigenvalue weighted by Crippen LogP contribution is 2.42. The molecule has 5 heteroatoms. The first-order chi connectivity index (χ1) is 13.1. The van der Waals surface area contributed by atoms with Crippen LogP contribution in [0.4, 0.5) is 0 Å². The second-order valence-electron chi connectivity index (χ2n) is 8.73. The minimum absolute atomic E-state index is 0.289. The van der Waals surface area contributed by atoms with E-state index in [9.17, 15) is 9.90 Å². The van der Waals surface area contributed by atoms with Gasteiger partial charge in [-0.3, -0.25) is 9.69 Å². The van der Waals surface area contributed by atoms with Gasteiger partial charge in [-0.25, -0.2) is 0 Å². The van der Waals surface area contributed by atoms with Gasteiger partial charge in [0.1, 0.15) is 11.5 Å². The number of amides is 1. The first-order valence-electron chi connectivity index (χ1n) is 10.5. The molecule has 3 fully saturated rings. The molecule has 4 rings (SSSR count). The topological polar surface area (TPSA) is 53.0 Å². The second-order valence-corrected chi connectivity index (χ2v) is 8.73. The van der Waals surface area contributed by atoms with E-state index in [1.165, 1.54) is 25.7 Å². The lowest BCUT2D eigenvalue weighted by atomic mass is 9.72. The zero-order valence-corrected chi connectivity index (χ0v) is 16.5. The van der Waals surface area contributed by atoms with Crippen molar-refractivity contribution in [3.8, 4) is 11.5 Å². The molecule has 2 aliphatic heterocycles. The molecule has 1 aromatic carbocycles. The third-order valence-electron chi connectivity index (χ3n) is 7.04. The molecule has 1 amide bonds. The number of phenols is 1. The Morgan fingerprint density at radius 2 is 1.93 bits per heavy atom. The fraction of sp³-hybridized carbons (Fsp3) is 0.682. The molecule has 2 heterocycles. The molecular weight excluding hydrogens is 340 g/mol. The molecule has 1 aromatic rings. The fourth-order valence-electron chi connectivity index (χ4n) is 5.32. The molecule has 1 N–H and O–H groups in total. The van der Waals surface area contributed by atoms with Crippen LogP contribution >= 0.6 is 0 Å². The van der Waals surface area contributed by atoms with Crippen LogP contribution < -0.4 is 4.74 Å². The number of rotatable bonds is 4. The Labute approximate surface area is 162 Å². The minimum Gasteiger partial charge on any atom is -0.508 e. The van der Waals surface area contributed by atoms with Crippen LogP contribution in [0.1, 0.15) is 56.9 Å². The Morgan fingerprint density at radius 1 is 1.19 bits per heavy atom. The van der Waals surface area contributed by atoms with Gasteiger partial charge in [0.15, 0.2) is 0 Å². The van der Waals surface area contributed by atoms with Gasteiger partial charge in [-0.2, -0.15) is 0 Å². The van der Waals surface area contributed by atoms with Crippen molar-refractivity contribution in [2.45, 2.75) is 64.0 Å². The SMILES string of the molecule is COc1ccc(O)cc1CN1CCC2(CCC(=O)N(C3CCCC3)C2)CC1. The molecule has 2 saturated heterocycles. The summed E-state index contributed by atoms with van der Waals surface area (Å²) in [6.45, 7) is 3.87. The predicted octanol–water partition coefficient (Wildman–Crippen LogP) is 3.55. The zero-order valence-electron chi connectivity index (χ0n) is 16.5. The van der Waals surface area contributed by atoms with Crippen LogP contribution in [-0.2, 0) is 11.3 Å². The lowest BCUT2D eigenvalue weighted by Crippen LogP contribution is -2.53. The summed E-state index contributed by atoms with van der Waals surface area (Å²) in [6.07, 6.45) is 9.06. The van der Waals surface area contributed by atoms with Gasteiger partial charge in [-0.1, -0.05) is 12.8 Å². The molecule has 0 unspecified atom stereocenters. The van der Waals surface area contributed by atoms with Gasteiger partial charge in [0.05, 0.1) is 7.11 Å². The smallest absolute Gasteiger partial charge is 0.222 e. The Bertz CT molecular complexity index is 676. The maximum Gasteiger partial charge on any atom is 0.222 e. The standard InChI is InChI=1S/C22H32N2O3/c1-27-20-7-6-19(25)14-17(20)15-23-12-10-22(11-13-23)9-8-21(26)24(16-22)18-4-2-3-5-18/h6-7,14,18,25H,2-5,8-13,15-16H2,1H3. The number of phenolic OH excluding ortho intramolecular Hbond substituents is 1. The Hall–Kier alpha value is -1.75. The van der Waals surface area contributed by atoms with E-state index in [1.54, 1.807) is 13.2 Å². The minimum atomic E-state index is 0.289. The molecule has 1 aliphatic carbocycles. The maximum atomic E-state index is 12.5. The van der Waals surface area contributed by atoms with Crippen molar-refractivity contribution in [2.24, 2.45) is 5.41 Å². The number of carbonyl (C=O) groups excluding carboxylic acids is 1. The van der Waals surface area contributed by atoms with Gasteiger partial charge in [0.25, 0.3) is 0 Å². The lowest BCUT2D eigenvalue weighted by Gasteiger charge is -2.49. The third kappa shape index (κ3) is 3.93. The van der Waals surface area contributed by atoms with Crippen LogP contribution in [0.3, 0.4) is 0 Å². The molecule has 0 radical (unpaired) electrons. The summed E-state index contributed by atoms with van der Waals surface area (Å²) in [5.74, 6) is 1.51. The molecule has 5 nitrogen and oxygen atoms in total. The monoisotopic (exact) mass is 372 g/mol.